The summed E-state index contributed by atoms with van der Waals surface area (Å²) in [7, 11) is 0. The maximum atomic E-state index is 12.7. The predicted molar refractivity (Wildman–Crippen MR) is 114 cm³/mol. The fourth-order valence-electron chi connectivity index (χ4n) is 3.51. The van der Waals surface area contributed by atoms with Gasteiger partial charge in [0.15, 0.2) is 5.69 Å². The molecule has 0 bridgehead atoms. The first-order valence-corrected chi connectivity index (χ1v) is 10.1. The number of carbonyl (C=O) groups is 1. The molecule has 4 rings (SSSR count). The van der Waals surface area contributed by atoms with Crippen LogP contribution in [0.2, 0.25) is 15.1 Å². The van der Waals surface area contributed by atoms with Gasteiger partial charge >= 0.3 is 5.97 Å². The van der Waals surface area contributed by atoms with Gasteiger partial charge in [0.1, 0.15) is 11.4 Å². The minimum atomic E-state index is -0.855. The Hall–Kier alpha value is -2.21. The molecule has 0 unspecified atom stereocenters. The van der Waals surface area contributed by atoms with Gasteiger partial charge in [-0.2, -0.15) is 5.10 Å². The average molecular weight is 452 g/mol. The molecule has 1 aromatic heterocycles. The van der Waals surface area contributed by atoms with Crippen LogP contribution in [0.15, 0.2) is 36.4 Å². The third-order valence-electron chi connectivity index (χ3n) is 4.66. The van der Waals surface area contributed by atoms with Gasteiger partial charge < -0.3 is 9.47 Å². The van der Waals surface area contributed by atoms with E-state index in [0.717, 1.165) is 5.56 Å². The van der Waals surface area contributed by atoms with E-state index >= 15 is 0 Å². The Kier molecular flexibility index (Phi) is 5.01. The second-order valence-electron chi connectivity index (χ2n) is 7.05. The zero-order chi connectivity index (χ0) is 20.9. The molecule has 0 fully saturated rings. The summed E-state index contributed by atoms with van der Waals surface area (Å²) in [5, 5.41) is 6.04. The van der Waals surface area contributed by atoms with Crippen LogP contribution in [-0.4, -0.2) is 22.4 Å². The van der Waals surface area contributed by atoms with Gasteiger partial charge in [0.05, 0.1) is 28.6 Å². The minimum Gasteiger partial charge on any atom is -0.482 e. The second-order valence-corrected chi connectivity index (χ2v) is 8.33. The van der Waals surface area contributed by atoms with E-state index in [4.69, 9.17) is 44.3 Å². The number of carbonyl (C=O) groups excluding carboxylic acids is 1. The van der Waals surface area contributed by atoms with Crippen molar-refractivity contribution in [3.63, 3.8) is 0 Å². The number of halogens is 3. The molecular weight excluding hydrogens is 435 g/mol. The Morgan fingerprint density at radius 1 is 1.14 bits per heavy atom. The minimum absolute atomic E-state index is 0.179. The number of hydrogen-bond acceptors (Lipinski definition) is 4. The van der Waals surface area contributed by atoms with Crippen LogP contribution in [0.5, 0.6) is 5.75 Å². The zero-order valence-corrected chi connectivity index (χ0v) is 18.2. The van der Waals surface area contributed by atoms with E-state index < -0.39 is 11.6 Å². The molecule has 0 N–H and O–H groups in total. The molecule has 5 nitrogen and oxygen atoms in total. The molecule has 1 aliphatic heterocycles. The van der Waals surface area contributed by atoms with Crippen molar-refractivity contribution >= 4 is 40.8 Å². The second kappa shape index (κ2) is 7.24. The zero-order valence-electron chi connectivity index (χ0n) is 15.9. The number of nitrogens with zero attached hydrogens (tertiary/aromatic N) is 2. The lowest BCUT2D eigenvalue weighted by atomic mass is 9.89. The van der Waals surface area contributed by atoms with E-state index in [0.29, 0.717) is 37.8 Å². The van der Waals surface area contributed by atoms with Crippen LogP contribution in [-0.2, 0) is 10.3 Å². The molecule has 0 radical (unpaired) electrons. The normalized spacial score (nSPS) is 14.0. The summed E-state index contributed by atoms with van der Waals surface area (Å²) in [4.78, 5) is 12.7. The van der Waals surface area contributed by atoms with Gasteiger partial charge in [0, 0.05) is 15.6 Å². The summed E-state index contributed by atoms with van der Waals surface area (Å²) >= 11 is 18.7. The van der Waals surface area contributed by atoms with E-state index in [-0.39, 0.29) is 12.3 Å². The standard InChI is InChI=1S/C21H17Cl3N2O3/c1-4-28-20(27)18-17-19(26(25-18)15-8-6-11(22)9-14(15)24)13-7-5-12(23)10-16(13)29-21(17,2)3/h5-10H,4H2,1-3H3. The lowest BCUT2D eigenvalue weighted by Gasteiger charge is -2.33. The van der Waals surface area contributed by atoms with Crippen LogP contribution in [0, 0.1) is 0 Å². The topological polar surface area (TPSA) is 53.3 Å². The number of esters is 1. The Balaban J connectivity index is 2.08. The van der Waals surface area contributed by atoms with Crippen LogP contribution in [0.3, 0.4) is 0 Å². The lowest BCUT2D eigenvalue weighted by Crippen LogP contribution is -2.31. The Morgan fingerprint density at radius 2 is 1.83 bits per heavy atom. The molecule has 0 amide bonds. The molecule has 3 aromatic rings. The van der Waals surface area contributed by atoms with Gasteiger partial charge in [-0.1, -0.05) is 34.8 Å². The predicted octanol–water partition coefficient (Wildman–Crippen LogP) is 6.30. The molecular formula is C21H17Cl3N2O3. The summed E-state index contributed by atoms with van der Waals surface area (Å²) in [5.74, 6) is 0.0679. The number of ether oxygens (including phenoxy) is 2. The molecule has 1 aliphatic rings. The summed E-state index contributed by atoms with van der Waals surface area (Å²) in [6.07, 6.45) is 0. The quantitative estimate of drug-likeness (QED) is 0.438. The fourth-order valence-corrected chi connectivity index (χ4v) is 4.16. The highest BCUT2D eigenvalue weighted by atomic mass is 35.5. The van der Waals surface area contributed by atoms with Crippen LogP contribution >= 0.6 is 34.8 Å². The van der Waals surface area contributed by atoms with Crippen molar-refractivity contribution in [3.8, 4) is 22.7 Å². The van der Waals surface area contributed by atoms with E-state index in [9.17, 15) is 4.79 Å². The number of rotatable bonds is 3. The van der Waals surface area contributed by atoms with E-state index in [2.05, 4.69) is 5.10 Å². The van der Waals surface area contributed by atoms with Crippen molar-refractivity contribution in [2.75, 3.05) is 6.61 Å². The van der Waals surface area contributed by atoms with Crippen LogP contribution in [0.1, 0.15) is 36.8 Å². The first-order valence-electron chi connectivity index (χ1n) is 8.98. The molecule has 29 heavy (non-hydrogen) atoms. The maximum Gasteiger partial charge on any atom is 0.359 e. The molecule has 150 valence electrons. The van der Waals surface area contributed by atoms with E-state index in [1.807, 2.05) is 19.9 Å². The monoisotopic (exact) mass is 450 g/mol. The van der Waals surface area contributed by atoms with Gasteiger partial charge in [-0.3, -0.25) is 0 Å². The molecule has 0 aliphatic carbocycles. The van der Waals surface area contributed by atoms with Crippen molar-refractivity contribution in [1.29, 1.82) is 0 Å². The first-order chi connectivity index (χ1) is 13.7. The molecule has 2 aromatic carbocycles. The largest absolute Gasteiger partial charge is 0.482 e. The summed E-state index contributed by atoms with van der Waals surface area (Å²) in [6, 6.07) is 10.4. The number of fused-ring (bicyclic) bond motifs is 3. The molecule has 2 heterocycles. The third-order valence-corrected chi connectivity index (χ3v) is 5.43. The van der Waals surface area contributed by atoms with Crippen molar-refractivity contribution in [2.45, 2.75) is 26.4 Å². The Bertz CT molecular complexity index is 1140. The van der Waals surface area contributed by atoms with Gasteiger partial charge in [-0.05, 0) is 57.2 Å². The molecule has 0 saturated heterocycles. The fraction of sp³-hybridized carbons (Fsp3) is 0.238. The third kappa shape index (κ3) is 3.37. The SMILES string of the molecule is CCOC(=O)c1nn(-c2ccc(Cl)cc2Cl)c2c1C(C)(C)Oc1cc(Cl)ccc1-2. The van der Waals surface area contributed by atoms with Gasteiger partial charge in [-0.15, -0.1) is 0 Å². The average Bonchev–Trinajstić information content (AvgIpc) is 3.03. The highest BCUT2D eigenvalue weighted by Crippen LogP contribution is 2.48. The maximum absolute atomic E-state index is 12.7. The van der Waals surface area contributed by atoms with Gasteiger partial charge in [-0.25, -0.2) is 9.48 Å². The number of hydrogen-bond donors (Lipinski definition) is 0. The van der Waals surface area contributed by atoms with Crippen LogP contribution < -0.4 is 4.74 Å². The van der Waals surface area contributed by atoms with Crippen molar-refractivity contribution in [2.24, 2.45) is 0 Å². The number of aromatic nitrogens is 2. The number of benzene rings is 2. The molecule has 0 spiro atoms. The van der Waals surface area contributed by atoms with Crippen molar-refractivity contribution in [3.05, 3.63) is 62.7 Å². The smallest absolute Gasteiger partial charge is 0.359 e. The first kappa shape index (κ1) is 20.1. The summed E-state index contributed by atoms with van der Waals surface area (Å²) in [6.45, 7) is 5.72. The van der Waals surface area contributed by atoms with E-state index in [1.165, 1.54) is 0 Å². The molecule has 0 atom stereocenters. The van der Waals surface area contributed by atoms with Gasteiger partial charge in [0.2, 0.25) is 0 Å². The molecule has 0 saturated carbocycles. The summed E-state index contributed by atoms with van der Waals surface area (Å²) < 4.78 is 13.1. The van der Waals surface area contributed by atoms with Crippen LogP contribution in [0.4, 0.5) is 0 Å². The van der Waals surface area contributed by atoms with Crippen LogP contribution in [0.25, 0.3) is 16.9 Å². The van der Waals surface area contributed by atoms with Crippen molar-refractivity contribution < 1.29 is 14.3 Å². The Labute approximate surface area is 183 Å². The van der Waals surface area contributed by atoms with Crippen molar-refractivity contribution in [1.82, 2.24) is 9.78 Å². The Morgan fingerprint density at radius 3 is 2.52 bits per heavy atom. The highest BCUT2D eigenvalue weighted by Gasteiger charge is 2.42. The highest BCUT2D eigenvalue weighted by molar-refractivity contribution is 6.35. The van der Waals surface area contributed by atoms with Gasteiger partial charge in [0.25, 0.3) is 0 Å². The molecule has 8 heteroatoms. The lowest BCUT2D eigenvalue weighted by molar-refractivity contribution is 0.0500. The van der Waals surface area contributed by atoms with E-state index in [1.54, 1.807) is 41.9 Å². The summed E-state index contributed by atoms with van der Waals surface area (Å²) in [5.41, 5.74) is 1.97.